The molecule has 5 saturated carbocycles. The molecule has 0 radical (unpaired) electrons. The first-order chi connectivity index (χ1) is 34.9. The van der Waals surface area contributed by atoms with E-state index in [0.717, 1.165) is 89.4 Å². The zero-order chi connectivity index (χ0) is 49.0. The molecule has 6 aliphatic heterocycles. The number of esters is 2. The first-order valence-electron chi connectivity index (χ1n) is 28.2. The van der Waals surface area contributed by atoms with E-state index in [-0.39, 0.29) is 73.3 Å². The van der Waals surface area contributed by atoms with Gasteiger partial charge < -0.3 is 38.5 Å². The van der Waals surface area contributed by atoms with Gasteiger partial charge >= 0.3 is 11.9 Å². The number of cyclic esters (lactones) is 1. The predicted molar refractivity (Wildman–Crippen MR) is 263 cm³/mol. The second-order valence-electron chi connectivity index (χ2n) is 25.6. The van der Waals surface area contributed by atoms with Gasteiger partial charge in [0.2, 0.25) is 0 Å². The predicted octanol–water partition coefficient (Wildman–Crippen LogP) is 7.43. The van der Waals surface area contributed by atoms with Crippen molar-refractivity contribution in [1.82, 2.24) is 10.2 Å². The maximum Gasteiger partial charge on any atom is 0.339 e. The number of epoxide rings is 1. The van der Waals surface area contributed by atoms with E-state index in [1.165, 1.54) is 5.56 Å². The number of ketones is 1. The molecule has 12 aliphatic rings. The lowest BCUT2D eigenvalue weighted by molar-refractivity contribution is -0.295. The number of carbonyl (C=O) groups excluding carboxylic acids is 3. The number of hydrogen-bond acceptors (Lipinski definition) is 12. The lowest BCUT2D eigenvalue weighted by Crippen LogP contribution is -2.81. The highest BCUT2D eigenvalue weighted by molar-refractivity contribution is 5.92. The molecule has 384 valence electrons. The van der Waals surface area contributed by atoms with Crippen LogP contribution in [0.4, 0.5) is 0 Å². The minimum absolute atomic E-state index is 0.00540. The molecule has 10 fully saturated rings. The lowest BCUT2D eigenvalue weighted by Gasteiger charge is -2.71. The van der Waals surface area contributed by atoms with E-state index >= 15 is 9.59 Å². The van der Waals surface area contributed by atoms with Crippen LogP contribution >= 0.6 is 0 Å². The smallest absolute Gasteiger partial charge is 0.339 e. The molecule has 12 nitrogen and oxygen atoms in total. The van der Waals surface area contributed by atoms with Crippen LogP contribution in [-0.2, 0) is 51.8 Å². The number of nitrogens with zero attached hydrogens (tertiary/aromatic N) is 1. The number of rotatable bonds is 8. The third kappa shape index (κ3) is 5.98. The summed E-state index contributed by atoms with van der Waals surface area (Å²) in [6.07, 6.45) is 16.5. The molecule has 4 bridgehead atoms. The summed E-state index contributed by atoms with van der Waals surface area (Å²) in [5.41, 5.74) is -4.91. The summed E-state index contributed by atoms with van der Waals surface area (Å²) in [5, 5.41) is 28.9. The fourth-order valence-corrected chi connectivity index (χ4v) is 20.2. The Bertz CT molecular complexity index is 2620. The number of aliphatic hydroxyl groups excluding tert-OH is 2. The highest BCUT2D eigenvalue weighted by Crippen LogP contribution is 2.84. The van der Waals surface area contributed by atoms with Crippen LogP contribution in [0.1, 0.15) is 127 Å². The Morgan fingerprint density at radius 1 is 0.958 bits per heavy atom. The minimum atomic E-state index is -1.50. The SMILES string of the molecule is C[C@]12CC[C@@H]3[C@@]45COC(=O)C[C@@H]4O[C@](C)(C4CCCCC4)[C@H]5C(=O)[C@@H](O)[C@]34[C@H]3C[C@H](Cc5ccccc5)CC[C@H]3C#CC[C@@]1(c1ccoc1C[C@H](CO)[C@@H]1CC[C@H]3[C@H](C=CN5CNC[C@@H]35)C1)OC(=O)[C@H]1O[C@@]142. The molecular weight excluding hydrogens is 909 g/mol. The normalized spacial score (nSPS) is 48.0. The summed E-state index contributed by atoms with van der Waals surface area (Å²) in [4.78, 5) is 47.9. The van der Waals surface area contributed by atoms with E-state index in [2.05, 4.69) is 72.4 Å². The topological polar surface area (TPSA) is 160 Å². The van der Waals surface area contributed by atoms with E-state index in [1.807, 2.05) is 12.1 Å². The van der Waals surface area contributed by atoms with Crippen LogP contribution in [0.15, 0.2) is 59.4 Å². The summed E-state index contributed by atoms with van der Waals surface area (Å²) in [6.45, 7) is 6.26. The van der Waals surface area contributed by atoms with Gasteiger partial charge in [0.25, 0.3) is 0 Å². The molecule has 19 atom stereocenters. The van der Waals surface area contributed by atoms with Gasteiger partial charge in [0.15, 0.2) is 17.5 Å². The van der Waals surface area contributed by atoms with Gasteiger partial charge in [0, 0.05) is 53.3 Å². The van der Waals surface area contributed by atoms with Crippen LogP contribution in [0.2, 0.25) is 0 Å². The number of Topliss-reactive ketones (excluding diaryl/α,β-unsaturated/α-hetero) is 1. The van der Waals surface area contributed by atoms with Crippen LogP contribution in [0.5, 0.6) is 0 Å². The van der Waals surface area contributed by atoms with Crippen LogP contribution in [0, 0.1) is 87.3 Å². The van der Waals surface area contributed by atoms with E-state index < -0.39 is 69.2 Å². The van der Waals surface area contributed by atoms with Crippen molar-refractivity contribution >= 4 is 17.7 Å². The monoisotopic (exact) mass is 983 g/mol. The molecule has 6 aliphatic carbocycles. The van der Waals surface area contributed by atoms with Crippen molar-refractivity contribution in [3.63, 3.8) is 0 Å². The highest BCUT2D eigenvalue weighted by Gasteiger charge is 2.95. The van der Waals surface area contributed by atoms with Gasteiger partial charge in [-0.3, -0.25) is 14.9 Å². The lowest BCUT2D eigenvalue weighted by atomic mass is 9.31. The van der Waals surface area contributed by atoms with Crippen LogP contribution in [-0.4, -0.2) is 94.8 Å². The minimum Gasteiger partial charge on any atom is -0.469 e. The zero-order valence-corrected chi connectivity index (χ0v) is 42.2. The number of carbonyl (C=O) groups is 3. The number of hydrogen-bond donors (Lipinski definition) is 3. The van der Waals surface area contributed by atoms with Gasteiger partial charge in [-0.15, -0.1) is 0 Å². The third-order valence-electron chi connectivity index (χ3n) is 23.2. The molecule has 7 heterocycles. The zero-order valence-electron chi connectivity index (χ0n) is 42.2. The molecule has 14 rings (SSSR count). The maximum atomic E-state index is 16.5. The van der Waals surface area contributed by atoms with Crippen molar-refractivity contribution in [1.29, 1.82) is 0 Å². The number of furan rings is 1. The van der Waals surface area contributed by atoms with Crippen LogP contribution in [0.25, 0.3) is 0 Å². The summed E-state index contributed by atoms with van der Waals surface area (Å²) in [7, 11) is 0. The second-order valence-corrected chi connectivity index (χ2v) is 25.6. The van der Waals surface area contributed by atoms with Crippen molar-refractivity contribution in [2.45, 2.75) is 164 Å². The van der Waals surface area contributed by atoms with E-state index in [4.69, 9.17) is 23.4 Å². The molecular formula is C60H74N2O10. The largest absolute Gasteiger partial charge is 0.469 e. The van der Waals surface area contributed by atoms with Crippen LogP contribution < -0.4 is 5.32 Å². The molecule has 0 unspecified atom stereocenters. The number of benzene rings is 1. The van der Waals surface area contributed by atoms with Gasteiger partial charge in [-0.2, -0.15) is 0 Å². The van der Waals surface area contributed by atoms with Gasteiger partial charge in [0.05, 0.1) is 43.4 Å². The Morgan fingerprint density at radius 3 is 2.64 bits per heavy atom. The first-order valence-corrected chi connectivity index (χ1v) is 28.2. The van der Waals surface area contributed by atoms with Crippen LogP contribution in [0.3, 0.4) is 0 Å². The molecule has 12 heteroatoms. The van der Waals surface area contributed by atoms with E-state index in [0.29, 0.717) is 49.3 Å². The quantitative estimate of drug-likeness (QED) is 0.137. The summed E-state index contributed by atoms with van der Waals surface area (Å²) >= 11 is 0. The standard InChI is InChI=1S/C60H74N2O10/c1-55-23-19-47-57-33-69-49(64)30-48(57)70-56(2,41-13-7-4-8-14-41)51(57)50(65)52(66)59(47)44-27-36(26-35-10-5-3-6-11-35)15-16-37(44)12-9-22-58(55,72-54(67)53-60(55,59)71-53)43-21-25-68-46(43)29-40(32-63)38-17-18-42-39(28-38)20-24-62-34-61-31-45(42)62/h3,5-6,10-11,20-21,24-25,36-42,44-45,47-48,51-53,61,63,66H,4,7-8,13-19,22-23,26-34H2,1-2H3/t36-,37+,38+,39+,40+,42-,44-,45-,47+,48-,51+,52+,53+,55-,56+,57-,58-,59-,60+/m0/s1. The average molecular weight is 983 g/mol. The van der Waals surface area contributed by atoms with Gasteiger partial charge in [0.1, 0.15) is 24.1 Å². The van der Waals surface area contributed by atoms with Gasteiger partial charge in [-0.05, 0) is 143 Å². The highest BCUT2D eigenvalue weighted by atomic mass is 16.7. The van der Waals surface area contributed by atoms with Crippen molar-refractivity contribution < 1.29 is 48.0 Å². The van der Waals surface area contributed by atoms with Gasteiger partial charge in [-0.25, -0.2) is 4.79 Å². The maximum absolute atomic E-state index is 16.5. The molecule has 0 amide bonds. The molecule has 5 saturated heterocycles. The number of aliphatic hydroxyl groups is 2. The molecule has 2 aromatic rings. The average Bonchev–Trinajstić information content (AvgIpc) is 3.69. The van der Waals surface area contributed by atoms with Gasteiger partial charge in [-0.1, -0.05) is 74.4 Å². The van der Waals surface area contributed by atoms with Crippen molar-refractivity contribution in [2.24, 2.45) is 75.4 Å². The first kappa shape index (κ1) is 46.5. The van der Waals surface area contributed by atoms with E-state index in [1.54, 1.807) is 6.26 Å². The van der Waals surface area contributed by atoms with Crippen molar-refractivity contribution in [2.75, 3.05) is 26.4 Å². The molecule has 3 N–H and O–H groups in total. The number of ether oxygens (including phenoxy) is 4. The number of fused-ring (bicyclic) bond motifs is 4. The Hall–Kier alpha value is -3.99. The molecule has 1 aromatic heterocycles. The summed E-state index contributed by atoms with van der Waals surface area (Å²) in [6, 6.07) is 13.1. The third-order valence-corrected chi connectivity index (χ3v) is 23.2. The number of allylic oxidation sites excluding steroid dienone is 1. The Balaban J connectivity index is 0.913. The molecule has 1 aromatic carbocycles. The fraction of sp³-hybridized carbons (Fsp3) is 0.717. The van der Waals surface area contributed by atoms with Crippen molar-refractivity contribution in [3.8, 4) is 11.8 Å². The Kier molecular flexibility index (Phi) is 10.7. The molecule has 3 spiro atoms. The summed E-state index contributed by atoms with van der Waals surface area (Å²) < 4.78 is 34.8. The second kappa shape index (κ2) is 16.5. The fourth-order valence-electron chi connectivity index (χ4n) is 20.2. The summed E-state index contributed by atoms with van der Waals surface area (Å²) in [5.74, 6) is 7.05. The van der Waals surface area contributed by atoms with Crippen molar-refractivity contribution in [3.05, 3.63) is 71.8 Å². The Labute approximate surface area is 424 Å². The Morgan fingerprint density at radius 2 is 1.81 bits per heavy atom. The van der Waals surface area contributed by atoms with E-state index in [9.17, 15) is 15.0 Å². The molecule has 72 heavy (non-hydrogen) atoms. The number of nitrogens with one attached hydrogen (secondary N) is 1.